The molecule has 0 radical (unpaired) electrons. The number of hydrogen-bond acceptors (Lipinski definition) is 5. The first kappa shape index (κ1) is 15.9. The molecule has 1 aromatic heterocycles. The molecule has 0 atom stereocenters. The lowest BCUT2D eigenvalue weighted by Crippen LogP contribution is -2.08. The van der Waals surface area contributed by atoms with Crippen molar-refractivity contribution in [2.24, 2.45) is 5.73 Å². The third-order valence-corrected chi connectivity index (χ3v) is 2.63. The van der Waals surface area contributed by atoms with Crippen LogP contribution in [0.2, 0.25) is 0 Å². The van der Waals surface area contributed by atoms with Crippen LogP contribution in [-0.2, 0) is 22.4 Å². The van der Waals surface area contributed by atoms with Gasteiger partial charge in [0.15, 0.2) is 0 Å². The van der Waals surface area contributed by atoms with E-state index in [1.165, 1.54) is 0 Å². The van der Waals surface area contributed by atoms with Crippen molar-refractivity contribution in [3.05, 3.63) is 23.4 Å². The summed E-state index contributed by atoms with van der Waals surface area (Å²) < 4.78 is 15.9. The van der Waals surface area contributed by atoms with E-state index in [1.54, 1.807) is 7.11 Å². The Morgan fingerprint density at radius 2 is 2.00 bits per heavy atom. The minimum absolute atomic E-state index is 0.506. The summed E-state index contributed by atoms with van der Waals surface area (Å²) in [4.78, 5) is 4.41. The highest BCUT2D eigenvalue weighted by Gasteiger charge is 2.02. The minimum Gasteiger partial charge on any atom is -0.478 e. The summed E-state index contributed by atoms with van der Waals surface area (Å²) in [6.07, 6.45) is 1.71. The summed E-state index contributed by atoms with van der Waals surface area (Å²) in [5, 5.41) is 0. The number of hydrogen-bond donors (Lipinski definition) is 1. The van der Waals surface area contributed by atoms with Gasteiger partial charge in [-0.1, -0.05) is 6.92 Å². The molecule has 2 N–H and O–H groups in total. The third kappa shape index (κ3) is 6.52. The van der Waals surface area contributed by atoms with Crippen LogP contribution in [0, 0.1) is 0 Å². The second-order valence-corrected chi connectivity index (χ2v) is 4.17. The summed E-state index contributed by atoms with van der Waals surface area (Å²) in [7, 11) is 1.66. The zero-order valence-electron chi connectivity index (χ0n) is 11.9. The number of methoxy groups -OCH3 is 1. The van der Waals surface area contributed by atoms with Crippen molar-refractivity contribution < 1.29 is 14.2 Å². The molecule has 0 saturated carbocycles. The molecule has 0 aliphatic heterocycles. The number of pyridine rings is 1. The molecule has 5 heteroatoms. The molecule has 0 aliphatic carbocycles. The number of aryl methyl sites for hydroxylation is 1. The van der Waals surface area contributed by atoms with Crippen LogP contribution in [0.1, 0.15) is 24.6 Å². The van der Waals surface area contributed by atoms with Gasteiger partial charge in [-0.25, -0.2) is 4.98 Å². The molecule has 0 aromatic carbocycles. The maximum Gasteiger partial charge on any atom is 0.213 e. The Morgan fingerprint density at radius 3 is 2.68 bits per heavy atom. The Balaban J connectivity index is 2.28. The van der Waals surface area contributed by atoms with Crippen LogP contribution >= 0.6 is 0 Å². The Labute approximate surface area is 115 Å². The number of nitrogens with two attached hydrogens (primary N) is 1. The van der Waals surface area contributed by atoms with Crippen molar-refractivity contribution in [3.8, 4) is 5.88 Å². The lowest BCUT2D eigenvalue weighted by molar-refractivity contribution is 0.0642. The number of ether oxygens (including phenoxy) is 3. The van der Waals surface area contributed by atoms with Crippen molar-refractivity contribution in [3.63, 3.8) is 0 Å². The normalized spacial score (nSPS) is 10.7. The first-order valence-corrected chi connectivity index (χ1v) is 6.69. The lowest BCUT2D eigenvalue weighted by atomic mass is 10.2. The fraction of sp³-hybridized carbons (Fsp3) is 0.643. The summed E-state index contributed by atoms with van der Waals surface area (Å²) >= 11 is 0. The second kappa shape index (κ2) is 9.72. The van der Waals surface area contributed by atoms with E-state index in [2.05, 4.69) is 11.9 Å². The molecule has 0 bridgehead atoms. The van der Waals surface area contributed by atoms with Gasteiger partial charge in [0.25, 0.3) is 0 Å². The van der Waals surface area contributed by atoms with Gasteiger partial charge in [0.2, 0.25) is 5.88 Å². The maximum absolute atomic E-state index is 5.65. The maximum atomic E-state index is 5.65. The second-order valence-electron chi connectivity index (χ2n) is 4.17. The van der Waals surface area contributed by atoms with Crippen molar-refractivity contribution in [1.82, 2.24) is 4.98 Å². The van der Waals surface area contributed by atoms with Crippen LogP contribution in [-0.4, -0.2) is 38.5 Å². The summed E-state index contributed by atoms with van der Waals surface area (Å²) in [6.45, 7) is 5.08. The molecule has 108 valence electrons. The van der Waals surface area contributed by atoms with Gasteiger partial charge in [-0.05, 0) is 18.1 Å². The standard InChI is InChI=1S/C14H24N2O3/c1-3-13-9-12(11-15)10-14(16-13)19-6-4-5-18-8-7-17-2/h9-10H,3-8,11,15H2,1-2H3. The number of rotatable bonds is 10. The average Bonchev–Trinajstić information content (AvgIpc) is 2.45. The molecule has 0 amide bonds. The fourth-order valence-corrected chi connectivity index (χ4v) is 1.58. The minimum atomic E-state index is 0.506. The molecular formula is C14H24N2O3. The van der Waals surface area contributed by atoms with Gasteiger partial charge in [-0.2, -0.15) is 0 Å². The van der Waals surface area contributed by atoms with Crippen molar-refractivity contribution in [1.29, 1.82) is 0 Å². The molecule has 1 aromatic rings. The summed E-state index contributed by atoms with van der Waals surface area (Å²) in [5.74, 6) is 0.650. The molecule has 0 aliphatic rings. The zero-order chi connectivity index (χ0) is 13.9. The monoisotopic (exact) mass is 268 g/mol. The molecule has 1 heterocycles. The molecular weight excluding hydrogens is 244 g/mol. The fourth-order valence-electron chi connectivity index (χ4n) is 1.58. The highest BCUT2D eigenvalue weighted by Crippen LogP contribution is 2.13. The number of nitrogens with zero attached hydrogens (tertiary/aromatic N) is 1. The molecule has 0 unspecified atom stereocenters. The molecule has 0 saturated heterocycles. The van der Waals surface area contributed by atoms with Crippen LogP contribution in [0.3, 0.4) is 0 Å². The van der Waals surface area contributed by atoms with Crippen molar-refractivity contribution in [2.45, 2.75) is 26.3 Å². The van der Waals surface area contributed by atoms with E-state index in [0.29, 0.717) is 38.9 Å². The van der Waals surface area contributed by atoms with Crippen molar-refractivity contribution >= 4 is 0 Å². The summed E-state index contributed by atoms with van der Waals surface area (Å²) in [6, 6.07) is 3.91. The largest absolute Gasteiger partial charge is 0.478 e. The predicted molar refractivity (Wildman–Crippen MR) is 74.3 cm³/mol. The Morgan fingerprint density at radius 1 is 1.16 bits per heavy atom. The van der Waals surface area contributed by atoms with Crippen LogP contribution in [0.25, 0.3) is 0 Å². The van der Waals surface area contributed by atoms with Crippen LogP contribution in [0.4, 0.5) is 0 Å². The van der Waals surface area contributed by atoms with Gasteiger partial charge in [0, 0.05) is 38.4 Å². The highest BCUT2D eigenvalue weighted by molar-refractivity contribution is 5.25. The van der Waals surface area contributed by atoms with Crippen LogP contribution in [0.15, 0.2) is 12.1 Å². The van der Waals surface area contributed by atoms with Gasteiger partial charge < -0.3 is 19.9 Å². The van der Waals surface area contributed by atoms with Crippen molar-refractivity contribution in [2.75, 3.05) is 33.5 Å². The third-order valence-electron chi connectivity index (χ3n) is 2.63. The van der Waals surface area contributed by atoms with E-state index >= 15 is 0 Å². The van der Waals surface area contributed by atoms with Crippen LogP contribution in [0.5, 0.6) is 5.88 Å². The van der Waals surface area contributed by atoms with Crippen LogP contribution < -0.4 is 10.5 Å². The molecule has 0 fully saturated rings. The lowest BCUT2D eigenvalue weighted by Gasteiger charge is -2.09. The summed E-state index contributed by atoms with van der Waals surface area (Å²) in [5.41, 5.74) is 7.71. The number of aromatic nitrogens is 1. The molecule has 19 heavy (non-hydrogen) atoms. The molecule has 5 nitrogen and oxygen atoms in total. The van der Waals surface area contributed by atoms with Gasteiger partial charge >= 0.3 is 0 Å². The van der Waals surface area contributed by atoms with Gasteiger partial charge in [-0.15, -0.1) is 0 Å². The van der Waals surface area contributed by atoms with E-state index in [0.717, 1.165) is 24.1 Å². The SMILES string of the molecule is CCc1cc(CN)cc(OCCCOCCOC)n1. The first-order valence-electron chi connectivity index (χ1n) is 6.69. The zero-order valence-corrected chi connectivity index (χ0v) is 11.9. The Kier molecular flexibility index (Phi) is 8.13. The Hall–Kier alpha value is -1.17. The molecule has 1 rings (SSSR count). The van der Waals surface area contributed by atoms with Gasteiger partial charge in [0.05, 0.1) is 19.8 Å². The first-order chi connectivity index (χ1) is 9.30. The topological polar surface area (TPSA) is 66.6 Å². The van der Waals surface area contributed by atoms with E-state index in [4.69, 9.17) is 19.9 Å². The van der Waals surface area contributed by atoms with Gasteiger partial charge in [0.1, 0.15) is 0 Å². The smallest absolute Gasteiger partial charge is 0.213 e. The van der Waals surface area contributed by atoms with Gasteiger partial charge in [-0.3, -0.25) is 0 Å². The van der Waals surface area contributed by atoms with E-state index in [-0.39, 0.29) is 0 Å². The predicted octanol–water partition coefficient (Wildman–Crippen LogP) is 1.53. The highest BCUT2D eigenvalue weighted by atomic mass is 16.5. The Bertz CT molecular complexity index is 336. The van der Waals surface area contributed by atoms with E-state index in [1.807, 2.05) is 12.1 Å². The quantitative estimate of drug-likeness (QED) is 0.652. The molecule has 0 spiro atoms. The van der Waals surface area contributed by atoms with E-state index in [9.17, 15) is 0 Å². The van der Waals surface area contributed by atoms with E-state index < -0.39 is 0 Å². The average molecular weight is 268 g/mol.